The lowest BCUT2D eigenvalue weighted by atomic mass is 10.3. The Morgan fingerprint density at radius 2 is 1.94 bits per heavy atom. The van der Waals surface area contributed by atoms with Gasteiger partial charge in [-0.1, -0.05) is 0 Å². The van der Waals surface area contributed by atoms with Crippen molar-refractivity contribution in [3.63, 3.8) is 0 Å². The zero-order chi connectivity index (χ0) is 12.7. The summed E-state index contributed by atoms with van der Waals surface area (Å²) in [5, 5.41) is 2.63. The van der Waals surface area contributed by atoms with Crippen LogP contribution in [0.5, 0.6) is 5.75 Å². The molecule has 1 amide bonds. The summed E-state index contributed by atoms with van der Waals surface area (Å²) in [6, 6.07) is 7.06. The maximum Gasteiger partial charge on any atom is 0.411 e. The van der Waals surface area contributed by atoms with Gasteiger partial charge in [-0.05, 0) is 38.4 Å². The molecule has 0 aliphatic carbocycles. The lowest BCUT2D eigenvalue weighted by Crippen LogP contribution is -2.22. The molecule has 0 atom stereocenters. The molecule has 1 aromatic carbocycles. The van der Waals surface area contributed by atoms with Gasteiger partial charge in [-0.2, -0.15) is 0 Å². The highest BCUT2D eigenvalue weighted by atomic mass is 16.5. The van der Waals surface area contributed by atoms with Crippen molar-refractivity contribution in [1.82, 2.24) is 4.90 Å². The molecular weight excluding hydrogens is 220 g/mol. The van der Waals surface area contributed by atoms with E-state index < -0.39 is 6.09 Å². The number of methoxy groups -OCH3 is 1. The van der Waals surface area contributed by atoms with Crippen molar-refractivity contribution in [3.05, 3.63) is 24.3 Å². The molecule has 0 saturated carbocycles. The van der Waals surface area contributed by atoms with Gasteiger partial charge < -0.3 is 14.4 Å². The summed E-state index contributed by atoms with van der Waals surface area (Å²) in [7, 11) is 5.44. The predicted octanol–water partition coefficient (Wildman–Crippen LogP) is 1.81. The van der Waals surface area contributed by atoms with Gasteiger partial charge in [0.2, 0.25) is 0 Å². The monoisotopic (exact) mass is 238 g/mol. The van der Waals surface area contributed by atoms with Crippen molar-refractivity contribution in [3.8, 4) is 5.75 Å². The number of ether oxygens (including phenoxy) is 2. The second-order valence-electron chi connectivity index (χ2n) is 3.79. The Kier molecular flexibility index (Phi) is 5.29. The summed E-state index contributed by atoms with van der Waals surface area (Å²) in [4.78, 5) is 13.3. The van der Waals surface area contributed by atoms with Gasteiger partial charge in [-0.15, -0.1) is 0 Å². The van der Waals surface area contributed by atoms with Crippen molar-refractivity contribution in [1.29, 1.82) is 0 Å². The van der Waals surface area contributed by atoms with Crippen LogP contribution < -0.4 is 10.1 Å². The van der Waals surface area contributed by atoms with Crippen LogP contribution in [-0.4, -0.2) is 45.3 Å². The molecule has 5 heteroatoms. The average molecular weight is 238 g/mol. The van der Waals surface area contributed by atoms with Gasteiger partial charge in [0.15, 0.2) is 0 Å². The van der Waals surface area contributed by atoms with E-state index in [1.807, 2.05) is 19.0 Å². The molecule has 0 radical (unpaired) electrons. The molecule has 0 aliphatic heterocycles. The first kappa shape index (κ1) is 13.3. The number of hydrogen-bond acceptors (Lipinski definition) is 4. The summed E-state index contributed by atoms with van der Waals surface area (Å²) in [6.45, 7) is 1.07. The molecule has 94 valence electrons. The Hall–Kier alpha value is -1.75. The normalized spacial score (nSPS) is 10.1. The molecule has 0 bridgehead atoms. The van der Waals surface area contributed by atoms with E-state index in [2.05, 4.69) is 5.32 Å². The highest BCUT2D eigenvalue weighted by Crippen LogP contribution is 2.14. The molecule has 0 aliphatic rings. The highest BCUT2D eigenvalue weighted by Gasteiger charge is 2.03. The highest BCUT2D eigenvalue weighted by molar-refractivity contribution is 5.84. The minimum atomic E-state index is -0.447. The van der Waals surface area contributed by atoms with E-state index in [0.29, 0.717) is 18.8 Å². The third-order valence-corrected chi connectivity index (χ3v) is 2.11. The number of nitrogens with zero attached hydrogens (tertiary/aromatic N) is 1. The third-order valence-electron chi connectivity index (χ3n) is 2.11. The predicted molar refractivity (Wildman–Crippen MR) is 66.5 cm³/mol. The maximum absolute atomic E-state index is 11.4. The van der Waals surface area contributed by atoms with Crippen molar-refractivity contribution in [2.45, 2.75) is 0 Å². The summed E-state index contributed by atoms with van der Waals surface area (Å²) in [5.41, 5.74) is 0.681. The zero-order valence-electron chi connectivity index (χ0n) is 10.4. The van der Waals surface area contributed by atoms with Crippen LogP contribution in [0.4, 0.5) is 10.5 Å². The Balaban J connectivity index is 2.34. The first-order valence-corrected chi connectivity index (χ1v) is 5.34. The second kappa shape index (κ2) is 6.75. The molecule has 1 aromatic rings. The van der Waals surface area contributed by atoms with Crippen molar-refractivity contribution < 1.29 is 14.3 Å². The van der Waals surface area contributed by atoms with Crippen LogP contribution in [0.25, 0.3) is 0 Å². The van der Waals surface area contributed by atoms with Crippen molar-refractivity contribution in [2.75, 3.05) is 39.7 Å². The van der Waals surface area contributed by atoms with E-state index in [0.717, 1.165) is 5.75 Å². The van der Waals surface area contributed by atoms with Crippen LogP contribution in [0.3, 0.4) is 0 Å². The molecule has 0 aromatic heterocycles. The number of rotatable bonds is 5. The SMILES string of the molecule is COc1ccc(NC(=O)OCCN(C)C)cc1. The van der Waals surface area contributed by atoms with Gasteiger partial charge >= 0.3 is 6.09 Å². The standard InChI is InChI=1S/C12H18N2O3/c1-14(2)8-9-17-12(15)13-10-4-6-11(16-3)7-5-10/h4-7H,8-9H2,1-3H3,(H,13,15). The molecule has 0 unspecified atom stereocenters. The molecular formula is C12H18N2O3. The number of carbonyl (C=O) groups excluding carboxylic acids is 1. The van der Waals surface area contributed by atoms with Crippen LogP contribution in [0, 0.1) is 0 Å². The molecule has 0 fully saturated rings. The topological polar surface area (TPSA) is 50.8 Å². The molecule has 1 N–H and O–H groups in total. The summed E-state index contributed by atoms with van der Waals surface area (Å²) < 4.78 is 10.0. The molecule has 17 heavy (non-hydrogen) atoms. The van der Waals surface area contributed by atoms with Crippen LogP contribution in [0.1, 0.15) is 0 Å². The number of anilines is 1. The van der Waals surface area contributed by atoms with Crippen LogP contribution in [0.15, 0.2) is 24.3 Å². The fraction of sp³-hybridized carbons (Fsp3) is 0.417. The van der Waals surface area contributed by atoms with E-state index in [9.17, 15) is 4.79 Å². The smallest absolute Gasteiger partial charge is 0.411 e. The van der Waals surface area contributed by atoms with Gasteiger partial charge in [0.25, 0.3) is 0 Å². The van der Waals surface area contributed by atoms with Crippen LogP contribution in [0.2, 0.25) is 0 Å². The minimum Gasteiger partial charge on any atom is -0.497 e. The lowest BCUT2D eigenvalue weighted by Gasteiger charge is -2.10. The Bertz CT molecular complexity index is 349. The van der Waals surface area contributed by atoms with Gasteiger partial charge in [0.05, 0.1) is 7.11 Å². The average Bonchev–Trinajstić information content (AvgIpc) is 2.29. The quantitative estimate of drug-likeness (QED) is 0.850. The zero-order valence-corrected chi connectivity index (χ0v) is 10.4. The summed E-state index contributed by atoms with van der Waals surface area (Å²) in [5.74, 6) is 0.747. The van der Waals surface area contributed by atoms with E-state index in [1.165, 1.54) is 0 Å². The Morgan fingerprint density at radius 1 is 1.29 bits per heavy atom. The summed E-state index contributed by atoms with van der Waals surface area (Å²) in [6.07, 6.45) is -0.447. The number of nitrogens with one attached hydrogen (secondary N) is 1. The molecule has 0 spiro atoms. The minimum absolute atomic E-state index is 0.370. The fourth-order valence-corrected chi connectivity index (χ4v) is 1.15. The number of likely N-dealkylation sites (N-methyl/N-ethyl adjacent to an activating group) is 1. The van der Waals surface area contributed by atoms with E-state index in [1.54, 1.807) is 31.4 Å². The first-order valence-electron chi connectivity index (χ1n) is 5.34. The molecule has 0 saturated heterocycles. The van der Waals surface area contributed by atoms with Crippen molar-refractivity contribution in [2.24, 2.45) is 0 Å². The van der Waals surface area contributed by atoms with Gasteiger partial charge in [0.1, 0.15) is 12.4 Å². The lowest BCUT2D eigenvalue weighted by molar-refractivity contribution is 0.151. The Labute approximate surface area is 101 Å². The molecule has 1 rings (SSSR count). The van der Waals surface area contributed by atoms with Crippen molar-refractivity contribution >= 4 is 11.8 Å². The number of amides is 1. The fourth-order valence-electron chi connectivity index (χ4n) is 1.15. The van der Waals surface area contributed by atoms with Gasteiger partial charge in [-0.3, -0.25) is 5.32 Å². The van der Waals surface area contributed by atoms with Gasteiger partial charge in [-0.25, -0.2) is 4.79 Å². The summed E-state index contributed by atoms with van der Waals surface area (Å²) >= 11 is 0. The van der Waals surface area contributed by atoms with E-state index in [4.69, 9.17) is 9.47 Å². The Morgan fingerprint density at radius 3 is 2.47 bits per heavy atom. The van der Waals surface area contributed by atoms with Crippen LogP contribution in [-0.2, 0) is 4.74 Å². The van der Waals surface area contributed by atoms with Crippen LogP contribution >= 0.6 is 0 Å². The number of hydrogen-bond donors (Lipinski definition) is 1. The first-order chi connectivity index (χ1) is 8.11. The molecule has 0 heterocycles. The van der Waals surface area contributed by atoms with E-state index in [-0.39, 0.29) is 0 Å². The van der Waals surface area contributed by atoms with Gasteiger partial charge in [0, 0.05) is 12.2 Å². The molecule has 5 nitrogen and oxygen atoms in total. The third kappa shape index (κ3) is 5.21. The van der Waals surface area contributed by atoms with E-state index >= 15 is 0 Å². The second-order valence-corrected chi connectivity index (χ2v) is 3.79. The number of benzene rings is 1. The number of carbonyl (C=O) groups is 1. The largest absolute Gasteiger partial charge is 0.497 e. The maximum atomic E-state index is 11.4.